The van der Waals surface area contributed by atoms with Crippen molar-refractivity contribution >= 4 is 0 Å². The van der Waals surface area contributed by atoms with Crippen LogP contribution >= 0.6 is 0 Å². The standard InChI is InChI=1S/C9H7F12N/c1-22-3-2-4(10)5(11,12)6(13,14)7(15,16)8(17,18)9(19,20)21/h2,22H,3H2,1H3. The summed E-state index contributed by atoms with van der Waals surface area (Å²) in [6, 6.07) is 0. The van der Waals surface area contributed by atoms with Crippen LogP contribution in [0.25, 0.3) is 0 Å². The number of likely N-dealkylation sites (N-methyl/N-ethyl adjacent to an activating group) is 1. The maximum atomic E-state index is 12.9. The molecular weight excluding hydrogens is 350 g/mol. The Morgan fingerprint density at radius 1 is 0.773 bits per heavy atom. The molecule has 0 aromatic rings. The number of hydrogen-bond donors (Lipinski definition) is 1. The average Bonchev–Trinajstić information content (AvgIpc) is 2.33. The molecule has 0 aliphatic rings. The van der Waals surface area contributed by atoms with Crippen LogP contribution in [0.15, 0.2) is 11.9 Å². The summed E-state index contributed by atoms with van der Waals surface area (Å²) in [7, 11) is 0.993. The Bertz CT molecular complexity index is 421. The van der Waals surface area contributed by atoms with Crippen molar-refractivity contribution in [2.24, 2.45) is 0 Å². The lowest BCUT2D eigenvalue weighted by Crippen LogP contribution is -2.66. The number of nitrogens with one attached hydrogen (secondary N) is 1. The van der Waals surface area contributed by atoms with Crippen LogP contribution in [0.2, 0.25) is 0 Å². The van der Waals surface area contributed by atoms with Gasteiger partial charge in [0, 0.05) is 6.54 Å². The van der Waals surface area contributed by atoms with Gasteiger partial charge in [-0.15, -0.1) is 0 Å². The zero-order valence-corrected chi connectivity index (χ0v) is 10.3. The summed E-state index contributed by atoms with van der Waals surface area (Å²) >= 11 is 0. The van der Waals surface area contributed by atoms with Gasteiger partial charge in [-0.1, -0.05) is 0 Å². The van der Waals surface area contributed by atoms with E-state index in [1.807, 2.05) is 5.32 Å². The first kappa shape index (κ1) is 20.9. The second-order valence-electron chi connectivity index (χ2n) is 3.91. The highest BCUT2D eigenvalue weighted by molar-refractivity contribution is 5.17. The van der Waals surface area contributed by atoms with Crippen LogP contribution in [-0.2, 0) is 0 Å². The molecule has 0 atom stereocenters. The fourth-order valence-electron chi connectivity index (χ4n) is 1.04. The summed E-state index contributed by atoms with van der Waals surface area (Å²) in [4.78, 5) is 0. The molecule has 13 heteroatoms. The van der Waals surface area contributed by atoms with E-state index < -0.39 is 48.3 Å². The summed E-state index contributed by atoms with van der Waals surface area (Å²) < 4.78 is 150. The predicted molar refractivity (Wildman–Crippen MR) is 49.0 cm³/mol. The van der Waals surface area contributed by atoms with Crippen LogP contribution in [0.4, 0.5) is 52.7 Å². The van der Waals surface area contributed by atoms with E-state index in [-0.39, 0.29) is 0 Å². The molecule has 1 N–H and O–H groups in total. The maximum Gasteiger partial charge on any atom is 0.460 e. The van der Waals surface area contributed by atoms with Gasteiger partial charge in [-0.05, 0) is 13.1 Å². The van der Waals surface area contributed by atoms with Crippen LogP contribution in [-0.4, -0.2) is 43.5 Å². The molecule has 0 heterocycles. The Kier molecular flexibility index (Phi) is 5.51. The third-order valence-electron chi connectivity index (χ3n) is 2.32. The fraction of sp³-hybridized carbons (Fsp3) is 0.778. The van der Waals surface area contributed by atoms with E-state index in [1.165, 1.54) is 0 Å². The van der Waals surface area contributed by atoms with Crippen molar-refractivity contribution in [2.75, 3.05) is 13.6 Å². The van der Waals surface area contributed by atoms with E-state index >= 15 is 0 Å². The van der Waals surface area contributed by atoms with Gasteiger partial charge in [0.1, 0.15) is 0 Å². The molecule has 0 aromatic carbocycles. The second-order valence-corrected chi connectivity index (χ2v) is 3.91. The van der Waals surface area contributed by atoms with Gasteiger partial charge in [0.05, 0.1) is 0 Å². The molecule has 0 bridgehead atoms. The van der Waals surface area contributed by atoms with Crippen molar-refractivity contribution < 1.29 is 52.7 Å². The highest BCUT2D eigenvalue weighted by Gasteiger charge is 2.87. The summed E-state index contributed by atoms with van der Waals surface area (Å²) in [5, 5.41) is 1.91. The first-order chi connectivity index (χ1) is 9.48. The van der Waals surface area contributed by atoms with Crippen molar-refractivity contribution in [1.82, 2.24) is 5.32 Å². The Hall–Kier alpha value is -1.14. The lowest BCUT2D eigenvalue weighted by Gasteiger charge is -2.36. The van der Waals surface area contributed by atoms with Gasteiger partial charge in [0.2, 0.25) is 0 Å². The molecule has 0 amide bonds. The van der Waals surface area contributed by atoms with Gasteiger partial charge < -0.3 is 5.32 Å². The van der Waals surface area contributed by atoms with Crippen LogP contribution in [0.5, 0.6) is 0 Å². The molecule has 0 aliphatic heterocycles. The molecule has 0 saturated carbocycles. The number of halogens is 12. The zero-order chi connectivity index (χ0) is 18.2. The van der Waals surface area contributed by atoms with Crippen molar-refractivity contribution in [2.45, 2.75) is 29.9 Å². The summed E-state index contributed by atoms with van der Waals surface area (Å²) in [6.45, 7) is -0.904. The minimum absolute atomic E-state index is 0.407. The summed E-state index contributed by atoms with van der Waals surface area (Å²) in [5.41, 5.74) is 0. The van der Waals surface area contributed by atoms with Crippen LogP contribution in [0.1, 0.15) is 0 Å². The molecule has 22 heavy (non-hydrogen) atoms. The average molecular weight is 357 g/mol. The van der Waals surface area contributed by atoms with Gasteiger partial charge >= 0.3 is 29.9 Å². The third-order valence-corrected chi connectivity index (χ3v) is 2.32. The zero-order valence-electron chi connectivity index (χ0n) is 10.3. The highest BCUT2D eigenvalue weighted by atomic mass is 19.4. The minimum Gasteiger partial charge on any atom is -0.316 e. The van der Waals surface area contributed by atoms with Crippen molar-refractivity contribution in [3.63, 3.8) is 0 Å². The van der Waals surface area contributed by atoms with E-state index in [2.05, 4.69) is 0 Å². The molecule has 0 unspecified atom stereocenters. The number of hydrogen-bond acceptors (Lipinski definition) is 1. The van der Waals surface area contributed by atoms with Crippen LogP contribution in [0, 0.1) is 0 Å². The number of alkyl halides is 11. The normalized spacial score (nSPS) is 16.1. The maximum absolute atomic E-state index is 12.9. The smallest absolute Gasteiger partial charge is 0.316 e. The minimum atomic E-state index is -7.60. The van der Waals surface area contributed by atoms with Crippen LogP contribution < -0.4 is 5.32 Å². The highest BCUT2D eigenvalue weighted by Crippen LogP contribution is 2.58. The van der Waals surface area contributed by atoms with E-state index in [0.717, 1.165) is 7.05 Å². The predicted octanol–water partition coefficient (Wildman–Crippen LogP) is 4.16. The lowest BCUT2D eigenvalue weighted by molar-refractivity contribution is -0.419. The molecule has 0 radical (unpaired) electrons. The van der Waals surface area contributed by atoms with Gasteiger partial charge in [0.15, 0.2) is 5.83 Å². The fourth-order valence-corrected chi connectivity index (χ4v) is 1.04. The summed E-state index contributed by atoms with van der Waals surface area (Å²) in [5.74, 6) is -32.4. The van der Waals surface area contributed by atoms with Gasteiger partial charge in [-0.2, -0.15) is 48.3 Å². The number of allylic oxidation sites excluding steroid dienone is 1. The van der Waals surface area contributed by atoms with Crippen molar-refractivity contribution in [1.29, 1.82) is 0 Å². The molecule has 0 saturated heterocycles. The van der Waals surface area contributed by atoms with Crippen LogP contribution in [0.3, 0.4) is 0 Å². The van der Waals surface area contributed by atoms with Crippen molar-refractivity contribution in [3.05, 3.63) is 11.9 Å². The SMILES string of the molecule is CNCC=C(F)C(F)(F)C(F)(F)C(F)(F)C(F)(F)C(F)(F)F. The topological polar surface area (TPSA) is 12.0 Å². The largest absolute Gasteiger partial charge is 0.460 e. The Morgan fingerprint density at radius 2 is 1.18 bits per heavy atom. The van der Waals surface area contributed by atoms with Crippen molar-refractivity contribution in [3.8, 4) is 0 Å². The monoisotopic (exact) mass is 357 g/mol. The van der Waals surface area contributed by atoms with E-state index in [0.29, 0.717) is 0 Å². The first-order valence-electron chi connectivity index (χ1n) is 5.07. The molecule has 0 aliphatic carbocycles. The quantitative estimate of drug-likeness (QED) is 0.704. The lowest BCUT2D eigenvalue weighted by atomic mass is 9.97. The molecule has 0 spiro atoms. The molecule has 0 fully saturated rings. The Balaban J connectivity index is 6.00. The van der Waals surface area contributed by atoms with E-state index in [9.17, 15) is 52.7 Å². The van der Waals surface area contributed by atoms with E-state index in [4.69, 9.17) is 0 Å². The second kappa shape index (κ2) is 5.81. The summed E-state index contributed by atoms with van der Waals surface area (Å²) in [6.07, 6.45) is -7.67. The molecular formula is C9H7F12N. The first-order valence-corrected chi connectivity index (χ1v) is 5.07. The number of rotatable bonds is 6. The molecule has 132 valence electrons. The van der Waals surface area contributed by atoms with Gasteiger partial charge in [-0.3, -0.25) is 0 Å². The molecule has 0 rings (SSSR count). The Labute approximate surface area is 115 Å². The van der Waals surface area contributed by atoms with Gasteiger partial charge in [0.25, 0.3) is 0 Å². The molecule has 0 aromatic heterocycles. The Morgan fingerprint density at radius 3 is 1.50 bits per heavy atom. The van der Waals surface area contributed by atoms with E-state index in [1.54, 1.807) is 0 Å². The molecule has 1 nitrogen and oxygen atoms in total. The van der Waals surface area contributed by atoms with Gasteiger partial charge in [-0.25, -0.2) is 4.39 Å². The third kappa shape index (κ3) is 2.99.